The third kappa shape index (κ3) is 5.37. The van der Waals surface area contributed by atoms with E-state index in [0.29, 0.717) is 23.6 Å². The van der Waals surface area contributed by atoms with Crippen LogP contribution in [0.1, 0.15) is 18.4 Å². The molecule has 3 heterocycles. The number of carboxylic acid groups (broad SMARTS) is 1. The molecule has 1 fully saturated rings. The molecular weight excluding hydrogens is 426 g/mol. The number of anilines is 1. The summed E-state index contributed by atoms with van der Waals surface area (Å²) in [6.45, 7) is 2.32. The van der Waals surface area contributed by atoms with Crippen LogP contribution >= 0.6 is 0 Å². The lowest BCUT2D eigenvalue weighted by atomic mass is 9.97. The van der Waals surface area contributed by atoms with Crippen molar-refractivity contribution in [1.29, 1.82) is 0 Å². The van der Waals surface area contributed by atoms with Crippen LogP contribution in [0.2, 0.25) is 0 Å². The summed E-state index contributed by atoms with van der Waals surface area (Å²) in [6.07, 6.45) is 4.12. The Kier molecular flexibility index (Phi) is 6.98. The van der Waals surface area contributed by atoms with Gasteiger partial charge < -0.3 is 30.4 Å². The lowest BCUT2D eigenvalue weighted by Crippen LogP contribution is -2.43. The van der Waals surface area contributed by atoms with Gasteiger partial charge in [0.1, 0.15) is 19.0 Å². The Morgan fingerprint density at radius 1 is 1.18 bits per heavy atom. The van der Waals surface area contributed by atoms with E-state index in [0.717, 1.165) is 37.3 Å². The Hall–Kier alpha value is -3.73. The number of aromatic nitrogens is 4. The first-order chi connectivity index (χ1) is 16.0. The standard InChI is InChI=1S/C22H27N7O4/c23-10-15-6-8-28(9-7-15)19-18-20(25-13-24-19)29(14-26-18)11-17(21(30)31)27-22(32)33-12-16-4-2-1-3-5-16/h1-5,13-15,17H,6-12,23H2,(H,27,32)(H,30,31)/t17-/m0/s1. The first kappa shape index (κ1) is 22.5. The number of nitrogens with one attached hydrogen (secondary N) is 1. The van der Waals surface area contributed by atoms with Gasteiger partial charge in [-0.3, -0.25) is 0 Å². The number of alkyl carbamates (subject to hydrolysis) is 1. The Bertz CT molecular complexity index is 1100. The number of aliphatic carboxylic acids is 1. The number of hydrogen-bond donors (Lipinski definition) is 3. The number of nitrogens with two attached hydrogens (primary N) is 1. The van der Waals surface area contributed by atoms with Gasteiger partial charge in [-0.05, 0) is 30.9 Å². The average molecular weight is 454 g/mol. The summed E-state index contributed by atoms with van der Waals surface area (Å²) < 4.78 is 6.75. The zero-order valence-corrected chi connectivity index (χ0v) is 18.1. The molecule has 1 saturated heterocycles. The van der Waals surface area contributed by atoms with E-state index in [2.05, 4.69) is 25.2 Å². The molecule has 4 rings (SSSR count). The maximum atomic E-state index is 12.2. The number of carbonyl (C=O) groups is 2. The van der Waals surface area contributed by atoms with Crippen molar-refractivity contribution >= 4 is 29.0 Å². The van der Waals surface area contributed by atoms with E-state index in [9.17, 15) is 14.7 Å². The van der Waals surface area contributed by atoms with Crippen molar-refractivity contribution in [3.05, 3.63) is 48.5 Å². The molecule has 1 aromatic carbocycles. The molecule has 0 saturated carbocycles. The largest absolute Gasteiger partial charge is 0.480 e. The molecule has 1 atom stereocenters. The predicted molar refractivity (Wildman–Crippen MR) is 121 cm³/mol. The summed E-state index contributed by atoms with van der Waals surface area (Å²) in [5.41, 5.74) is 7.70. The number of fused-ring (bicyclic) bond motifs is 1. The van der Waals surface area contributed by atoms with Crippen LogP contribution in [0, 0.1) is 5.92 Å². The normalized spacial score (nSPS) is 15.4. The van der Waals surface area contributed by atoms with Crippen LogP contribution in [-0.4, -0.2) is 62.4 Å². The summed E-state index contributed by atoms with van der Waals surface area (Å²) >= 11 is 0. The second-order valence-corrected chi connectivity index (χ2v) is 8.03. The molecule has 0 unspecified atom stereocenters. The lowest BCUT2D eigenvalue weighted by Gasteiger charge is -2.32. The van der Waals surface area contributed by atoms with Gasteiger partial charge in [0, 0.05) is 13.1 Å². The van der Waals surface area contributed by atoms with E-state index >= 15 is 0 Å². The van der Waals surface area contributed by atoms with Gasteiger partial charge in [-0.15, -0.1) is 0 Å². The molecule has 3 aromatic rings. The SMILES string of the molecule is NCC1CCN(c2ncnc3c2ncn3C[C@H](NC(=O)OCc2ccccc2)C(=O)O)CC1. The van der Waals surface area contributed by atoms with Crippen LogP contribution in [0.3, 0.4) is 0 Å². The first-order valence-corrected chi connectivity index (χ1v) is 10.9. The van der Waals surface area contributed by atoms with E-state index < -0.39 is 18.1 Å². The Labute approximate surface area is 190 Å². The van der Waals surface area contributed by atoms with Gasteiger partial charge in [-0.1, -0.05) is 30.3 Å². The number of hydrogen-bond acceptors (Lipinski definition) is 8. The number of carboxylic acids is 1. The summed E-state index contributed by atoms with van der Waals surface area (Å²) in [7, 11) is 0. The molecule has 0 spiro atoms. The fourth-order valence-corrected chi connectivity index (χ4v) is 3.90. The van der Waals surface area contributed by atoms with Crippen molar-refractivity contribution < 1.29 is 19.4 Å². The smallest absolute Gasteiger partial charge is 0.408 e. The summed E-state index contributed by atoms with van der Waals surface area (Å²) in [5.74, 6) is 0.0446. The number of rotatable bonds is 8. The summed E-state index contributed by atoms with van der Waals surface area (Å²) in [4.78, 5) is 39.3. The van der Waals surface area contributed by atoms with Crippen LogP contribution in [0.15, 0.2) is 43.0 Å². The molecule has 0 radical (unpaired) electrons. The number of nitrogens with zero attached hydrogens (tertiary/aromatic N) is 5. The first-order valence-electron chi connectivity index (χ1n) is 10.9. The number of carbonyl (C=O) groups excluding carboxylic acids is 1. The number of benzene rings is 1. The van der Waals surface area contributed by atoms with Gasteiger partial charge in [0.15, 0.2) is 17.0 Å². The molecule has 1 amide bonds. The highest BCUT2D eigenvalue weighted by molar-refractivity contribution is 5.84. The second-order valence-electron chi connectivity index (χ2n) is 8.03. The third-order valence-corrected chi connectivity index (χ3v) is 5.81. The number of imidazole rings is 1. The highest BCUT2D eigenvalue weighted by Gasteiger charge is 2.25. The zero-order valence-electron chi connectivity index (χ0n) is 18.1. The van der Waals surface area contributed by atoms with Gasteiger partial charge in [-0.25, -0.2) is 24.5 Å². The van der Waals surface area contributed by atoms with E-state index in [1.54, 1.807) is 4.57 Å². The minimum absolute atomic E-state index is 0.0461. The van der Waals surface area contributed by atoms with Gasteiger partial charge in [0.25, 0.3) is 0 Å². The Morgan fingerprint density at radius 2 is 1.94 bits per heavy atom. The molecule has 0 bridgehead atoms. The highest BCUT2D eigenvalue weighted by Crippen LogP contribution is 2.26. The van der Waals surface area contributed by atoms with Crippen LogP contribution in [0.4, 0.5) is 10.6 Å². The topological polar surface area (TPSA) is 148 Å². The maximum absolute atomic E-state index is 12.2. The Balaban J connectivity index is 1.44. The molecule has 33 heavy (non-hydrogen) atoms. The Morgan fingerprint density at radius 3 is 2.64 bits per heavy atom. The molecule has 0 aliphatic carbocycles. The molecule has 1 aliphatic heterocycles. The number of ether oxygens (including phenoxy) is 1. The fraction of sp³-hybridized carbons (Fsp3) is 0.409. The van der Waals surface area contributed by atoms with E-state index in [4.69, 9.17) is 10.5 Å². The molecule has 11 nitrogen and oxygen atoms in total. The van der Waals surface area contributed by atoms with Crippen LogP contribution in [0.25, 0.3) is 11.2 Å². The van der Waals surface area contributed by atoms with Crippen molar-refractivity contribution in [2.75, 3.05) is 24.5 Å². The van der Waals surface area contributed by atoms with Gasteiger partial charge in [0.2, 0.25) is 0 Å². The average Bonchev–Trinajstić information content (AvgIpc) is 3.26. The van der Waals surface area contributed by atoms with Crippen LogP contribution in [-0.2, 0) is 22.7 Å². The molecule has 174 valence electrons. The van der Waals surface area contributed by atoms with Crippen molar-refractivity contribution in [1.82, 2.24) is 24.8 Å². The van der Waals surface area contributed by atoms with Gasteiger partial charge in [-0.2, -0.15) is 0 Å². The highest BCUT2D eigenvalue weighted by atomic mass is 16.5. The van der Waals surface area contributed by atoms with E-state index in [-0.39, 0.29) is 13.2 Å². The van der Waals surface area contributed by atoms with Gasteiger partial charge >= 0.3 is 12.1 Å². The number of piperidine rings is 1. The molecule has 11 heteroatoms. The molecule has 1 aliphatic rings. The van der Waals surface area contributed by atoms with E-state index in [1.165, 1.54) is 12.7 Å². The van der Waals surface area contributed by atoms with Crippen LogP contribution < -0.4 is 16.0 Å². The minimum atomic E-state index is -1.22. The van der Waals surface area contributed by atoms with Crippen molar-refractivity contribution in [2.45, 2.75) is 32.0 Å². The maximum Gasteiger partial charge on any atom is 0.408 e. The minimum Gasteiger partial charge on any atom is -0.480 e. The van der Waals surface area contributed by atoms with Gasteiger partial charge in [0.05, 0.1) is 12.9 Å². The monoisotopic (exact) mass is 453 g/mol. The summed E-state index contributed by atoms with van der Waals surface area (Å²) in [5, 5.41) is 12.0. The van der Waals surface area contributed by atoms with E-state index in [1.807, 2.05) is 30.3 Å². The van der Waals surface area contributed by atoms with Crippen molar-refractivity contribution in [3.63, 3.8) is 0 Å². The molecular formula is C22H27N7O4. The fourth-order valence-electron chi connectivity index (χ4n) is 3.90. The zero-order chi connectivity index (χ0) is 23.2. The third-order valence-electron chi connectivity index (χ3n) is 5.81. The lowest BCUT2D eigenvalue weighted by molar-refractivity contribution is -0.139. The molecule has 4 N–H and O–H groups in total. The molecule has 2 aromatic heterocycles. The predicted octanol–water partition coefficient (Wildman–Crippen LogP) is 1.38. The van der Waals surface area contributed by atoms with Crippen molar-refractivity contribution in [3.8, 4) is 0 Å². The summed E-state index contributed by atoms with van der Waals surface area (Å²) in [6, 6.07) is 7.93. The number of amides is 1. The van der Waals surface area contributed by atoms with Crippen molar-refractivity contribution in [2.24, 2.45) is 11.7 Å². The quantitative estimate of drug-likeness (QED) is 0.460. The van der Waals surface area contributed by atoms with Crippen LogP contribution in [0.5, 0.6) is 0 Å². The second kappa shape index (κ2) is 10.3.